The monoisotopic (exact) mass is 308 g/mol. The molecule has 1 atom stereocenters. The standard InChI is InChI=1S/C11H14Cl2N2O2S/c1-8-7-15(5-4-14-8)18(16,17)9-2-3-10(12)11(13)6-9/h2-3,6,8,14H,4-5,7H2,1H3/t8-/m0/s1. The normalized spacial score (nSPS) is 22.1. The first kappa shape index (κ1) is 14.1. The molecule has 1 aromatic carbocycles. The molecule has 18 heavy (non-hydrogen) atoms. The maximum Gasteiger partial charge on any atom is 0.243 e. The van der Waals surface area contributed by atoms with Gasteiger partial charge in [0.1, 0.15) is 0 Å². The SMILES string of the molecule is C[C@H]1CN(S(=O)(=O)c2ccc(Cl)c(Cl)c2)CCN1. The molecular formula is C11H14Cl2N2O2S. The molecule has 4 nitrogen and oxygen atoms in total. The second kappa shape index (κ2) is 5.35. The molecule has 0 aromatic heterocycles. The van der Waals surface area contributed by atoms with Crippen LogP contribution >= 0.6 is 23.2 Å². The Morgan fingerprint density at radius 2 is 2.06 bits per heavy atom. The molecule has 2 rings (SSSR count). The van der Waals surface area contributed by atoms with E-state index in [0.29, 0.717) is 24.7 Å². The predicted molar refractivity (Wildman–Crippen MR) is 72.7 cm³/mol. The average Bonchev–Trinajstić information content (AvgIpc) is 2.32. The Morgan fingerprint density at radius 3 is 2.67 bits per heavy atom. The van der Waals surface area contributed by atoms with E-state index in [9.17, 15) is 8.42 Å². The Hall–Kier alpha value is -0.330. The van der Waals surface area contributed by atoms with Crippen molar-refractivity contribution >= 4 is 33.2 Å². The highest BCUT2D eigenvalue weighted by atomic mass is 35.5. The fraction of sp³-hybridized carbons (Fsp3) is 0.455. The number of nitrogens with zero attached hydrogens (tertiary/aromatic N) is 1. The van der Waals surface area contributed by atoms with Crippen molar-refractivity contribution < 1.29 is 8.42 Å². The summed E-state index contributed by atoms with van der Waals surface area (Å²) in [5, 5.41) is 3.80. The molecule has 0 aliphatic carbocycles. The molecule has 1 aliphatic rings. The number of benzene rings is 1. The lowest BCUT2D eigenvalue weighted by Crippen LogP contribution is -2.51. The van der Waals surface area contributed by atoms with Crippen molar-refractivity contribution in [2.24, 2.45) is 0 Å². The van der Waals surface area contributed by atoms with E-state index in [0.717, 1.165) is 0 Å². The maximum atomic E-state index is 12.4. The molecule has 1 fully saturated rings. The van der Waals surface area contributed by atoms with Crippen LogP contribution in [0.4, 0.5) is 0 Å². The van der Waals surface area contributed by atoms with Gasteiger partial charge in [-0.05, 0) is 25.1 Å². The van der Waals surface area contributed by atoms with Crippen LogP contribution in [0.2, 0.25) is 10.0 Å². The van der Waals surface area contributed by atoms with E-state index in [1.165, 1.54) is 22.5 Å². The zero-order valence-electron chi connectivity index (χ0n) is 9.86. The molecule has 0 unspecified atom stereocenters. The van der Waals surface area contributed by atoms with Gasteiger partial charge in [0.25, 0.3) is 0 Å². The Morgan fingerprint density at radius 1 is 1.33 bits per heavy atom. The lowest BCUT2D eigenvalue weighted by molar-refractivity contribution is 0.310. The van der Waals surface area contributed by atoms with E-state index in [1.54, 1.807) is 0 Å². The lowest BCUT2D eigenvalue weighted by Gasteiger charge is -2.31. The molecule has 1 heterocycles. The van der Waals surface area contributed by atoms with Gasteiger partial charge in [-0.2, -0.15) is 4.31 Å². The van der Waals surface area contributed by atoms with Gasteiger partial charge < -0.3 is 5.32 Å². The molecule has 100 valence electrons. The van der Waals surface area contributed by atoms with Crippen molar-refractivity contribution in [1.82, 2.24) is 9.62 Å². The number of hydrogen-bond donors (Lipinski definition) is 1. The number of sulfonamides is 1. The van der Waals surface area contributed by atoms with Gasteiger partial charge >= 0.3 is 0 Å². The van der Waals surface area contributed by atoms with Crippen LogP contribution in [-0.4, -0.2) is 38.4 Å². The van der Waals surface area contributed by atoms with Crippen molar-refractivity contribution in [3.05, 3.63) is 28.2 Å². The smallest absolute Gasteiger partial charge is 0.243 e. The fourth-order valence-electron chi connectivity index (χ4n) is 1.90. The Labute approximate surface area is 117 Å². The van der Waals surface area contributed by atoms with E-state index < -0.39 is 10.0 Å². The third-order valence-corrected chi connectivity index (χ3v) is 5.46. The molecule has 0 bridgehead atoms. The highest BCUT2D eigenvalue weighted by molar-refractivity contribution is 7.89. The zero-order chi connectivity index (χ0) is 13.3. The first-order valence-electron chi connectivity index (χ1n) is 5.60. The average molecular weight is 309 g/mol. The molecule has 1 N–H and O–H groups in total. The lowest BCUT2D eigenvalue weighted by atomic mass is 10.3. The topological polar surface area (TPSA) is 49.4 Å². The molecule has 1 saturated heterocycles. The molecule has 0 saturated carbocycles. The number of rotatable bonds is 2. The van der Waals surface area contributed by atoms with E-state index >= 15 is 0 Å². The summed E-state index contributed by atoms with van der Waals surface area (Å²) >= 11 is 11.6. The number of nitrogens with one attached hydrogen (secondary N) is 1. The second-order valence-electron chi connectivity index (χ2n) is 4.29. The molecule has 1 aliphatic heterocycles. The quantitative estimate of drug-likeness (QED) is 0.909. The summed E-state index contributed by atoms with van der Waals surface area (Å²) < 4.78 is 26.3. The number of hydrogen-bond acceptors (Lipinski definition) is 3. The van der Waals surface area contributed by atoms with Gasteiger partial charge in [0, 0.05) is 25.7 Å². The molecule has 0 spiro atoms. The Bertz CT molecular complexity index is 548. The Balaban J connectivity index is 2.32. The van der Waals surface area contributed by atoms with Crippen LogP contribution in [-0.2, 0) is 10.0 Å². The minimum atomic E-state index is -3.48. The van der Waals surface area contributed by atoms with Crippen LogP contribution in [0.1, 0.15) is 6.92 Å². The minimum absolute atomic E-state index is 0.149. The van der Waals surface area contributed by atoms with E-state index in [-0.39, 0.29) is 16.0 Å². The third kappa shape index (κ3) is 2.81. The summed E-state index contributed by atoms with van der Waals surface area (Å²) in [6, 6.07) is 4.53. The van der Waals surface area contributed by atoms with Crippen molar-refractivity contribution in [1.29, 1.82) is 0 Å². The zero-order valence-corrected chi connectivity index (χ0v) is 12.2. The molecular weight excluding hydrogens is 295 g/mol. The van der Waals surface area contributed by atoms with Crippen LogP contribution in [0.5, 0.6) is 0 Å². The van der Waals surface area contributed by atoms with Gasteiger partial charge in [0.15, 0.2) is 0 Å². The van der Waals surface area contributed by atoms with E-state index in [2.05, 4.69) is 5.32 Å². The minimum Gasteiger partial charge on any atom is -0.312 e. The van der Waals surface area contributed by atoms with Crippen LogP contribution in [0.25, 0.3) is 0 Å². The maximum absolute atomic E-state index is 12.4. The summed E-state index contributed by atoms with van der Waals surface area (Å²) in [7, 11) is -3.48. The molecule has 0 amide bonds. The van der Waals surface area contributed by atoms with Crippen LogP contribution < -0.4 is 5.32 Å². The van der Waals surface area contributed by atoms with Crippen molar-refractivity contribution in [3.63, 3.8) is 0 Å². The number of halogens is 2. The summed E-state index contributed by atoms with van der Waals surface area (Å²) in [4.78, 5) is 0.186. The van der Waals surface area contributed by atoms with Gasteiger partial charge in [0.05, 0.1) is 14.9 Å². The molecule has 1 aromatic rings. The summed E-state index contributed by atoms with van der Waals surface area (Å²) in [6.45, 7) is 3.54. The van der Waals surface area contributed by atoms with Crippen LogP contribution in [0, 0.1) is 0 Å². The Kier molecular flexibility index (Phi) is 4.18. The predicted octanol–water partition coefficient (Wildman–Crippen LogP) is 1.98. The van der Waals surface area contributed by atoms with E-state index in [1.807, 2.05) is 6.92 Å². The fourth-order valence-corrected chi connectivity index (χ4v) is 3.82. The summed E-state index contributed by atoms with van der Waals surface area (Å²) in [5.74, 6) is 0. The number of piperazine rings is 1. The van der Waals surface area contributed by atoms with Gasteiger partial charge in [-0.3, -0.25) is 0 Å². The van der Waals surface area contributed by atoms with Gasteiger partial charge in [-0.15, -0.1) is 0 Å². The third-order valence-electron chi connectivity index (χ3n) is 2.86. The molecule has 7 heteroatoms. The summed E-state index contributed by atoms with van der Waals surface area (Å²) in [6.07, 6.45) is 0. The second-order valence-corrected chi connectivity index (χ2v) is 7.05. The van der Waals surface area contributed by atoms with Crippen molar-refractivity contribution in [2.45, 2.75) is 17.9 Å². The van der Waals surface area contributed by atoms with Crippen LogP contribution in [0.15, 0.2) is 23.1 Å². The highest BCUT2D eigenvalue weighted by Gasteiger charge is 2.28. The van der Waals surface area contributed by atoms with Gasteiger partial charge in [-0.25, -0.2) is 8.42 Å². The molecule has 0 radical (unpaired) electrons. The first-order valence-corrected chi connectivity index (χ1v) is 7.79. The summed E-state index contributed by atoms with van der Waals surface area (Å²) in [5.41, 5.74) is 0. The largest absolute Gasteiger partial charge is 0.312 e. The van der Waals surface area contributed by atoms with E-state index in [4.69, 9.17) is 23.2 Å². The van der Waals surface area contributed by atoms with Crippen LogP contribution in [0.3, 0.4) is 0 Å². The first-order chi connectivity index (χ1) is 8.41. The van der Waals surface area contributed by atoms with Crippen molar-refractivity contribution in [2.75, 3.05) is 19.6 Å². The van der Waals surface area contributed by atoms with Crippen molar-refractivity contribution in [3.8, 4) is 0 Å². The van der Waals surface area contributed by atoms with Gasteiger partial charge in [0.2, 0.25) is 10.0 Å². The highest BCUT2D eigenvalue weighted by Crippen LogP contribution is 2.26. The van der Waals surface area contributed by atoms with Gasteiger partial charge in [-0.1, -0.05) is 23.2 Å².